The van der Waals surface area contributed by atoms with Crippen molar-refractivity contribution in [1.29, 1.82) is 0 Å². The zero-order valence-electron chi connectivity index (χ0n) is 16.5. The molecule has 6 heteroatoms. The van der Waals surface area contributed by atoms with E-state index >= 15 is 0 Å². The van der Waals surface area contributed by atoms with Crippen LogP contribution in [0.4, 0.5) is 0 Å². The van der Waals surface area contributed by atoms with Crippen molar-refractivity contribution in [3.8, 4) is 11.1 Å². The summed E-state index contributed by atoms with van der Waals surface area (Å²) in [6, 6.07) is 13.3. The number of hydrogen-bond donors (Lipinski definition) is 0. The third-order valence-corrected chi connectivity index (χ3v) is 4.27. The second-order valence-electron chi connectivity index (χ2n) is 6.35. The number of Topliss-reactive ketones (excluding diaryl/α,β-unsaturated/α-hetero) is 2. The first-order valence-electron chi connectivity index (χ1n) is 9.08. The van der Waals surface area contributed by atoms with Gasteiger partial charge in [0, 0.05) is 49.1 Å². The smallest absolute Gasteiger partial charge is 0.137 e. The van der Waals surface area contributed by atoms with Crippen LogP contribution in [0, 0.1) is 0 Å². The van der Waals surface area contributed by atoms with Gasteiger partial charge in [-0.2, -0.15) is 0 Å². The number of nitrogens with zero attached hydrogens (tertiary/aromatic N) is 2. The van der Waals surface area contributed by atoms with Gasteiger partial charge in [-0.25, -0.2) is 0 Å². The van der Waals surface area contributed by atoms with Gasteiger partial charge in [0.2, 0.25) is 0 Å². The van der Waals surface area contributed by atoms with Crippen LogP contribution in [0.3, 0.4) is 0 Å². The van der Waals surface area contributed by atoms with Crippen molar-refractivity contribution in [2.75, 3.05) is 0 Å². The van der Waals surface area contributed by atoms with Gasteiger partial charge in [0.25, 0.3) is 0 Å². The average Bonchev–Trinajstić information content (AvgIpc) is 2.70. The fraction of sp³-hybridized carbons (Fsp3) is 0.217. The summed E-state index contributed by atoms with van der Waals surface area (Å²) in [5.74, 6) is 0.395. The predicted molar refractivity (Wildman–Crippen MR) is 120 cm³/mol. The van der Waals surface area contributed by atoms with Crippen LogP contribution in [0.15, 0.2) is 67.3 Å². The SMILES string of the molecule is CC(=O)Cc1cccnc1.CCC(=O)Cc1cnccc1-c1ccc(Cl)cc1.Cl. The Kier molecular flexibility index (Phi) is 10.8. The summed E-state index contributed by atoms with van der Waals surface area (Å²) < 4.78 is 0. The van der Waals surface area contributed by atoms with Crippen molar-refractivity contribution >= 4 is 35.6 Å². The topological polar surface area (TPSA) is 59.9 Å². The number of pyridine rings is 2. The molecule has 0 fully saturated rings. The van der Waals surface area contributed by atoms with Crippen LogP contribution in [0.1, 0.15) is 31.4 Å². The van der Waals surface area contributed by atoms with E-state index in [1.165, 1.54) is 0 Å². The number of ketones is 2. The van der Waals surface area contributed by atoms with Gasteiger partial charge in [-0.3, -0.25) is 19.6 Å². The molecule has 0 atom stereocenters. The Morgan fingerprint density at radius 1 is 0.931 bits per heavy atom. The summed E-state index contributed by atoms with van der Waals surface area (Å²) in [6.45, 7) is 3.45. The van der Waals surface area contributed by atoms with Crippen LogP contribution in [-0.4, -0.2) is 21.5 Å². The molecule has 2 aromatic heterocycles. The number of benzene rings is 1. The molecule has 2 heterocycles. The molecule has 0 amide bonds. The van der Waals surface area contributed by atoms with Crippen molar-refractivity contribution in [1.82, 2.24) is 9.97 Å². The third kappa shape index (κ3) is 8.55. The van der Waals surface area contributed by atoms with E-state index < -0.39 is 0 Å². The van der Waals surface area contributed by atoms with Crippen LogP contribution in [0.25, 0.3) is 11.1 Å². The Morgan fingerprint density at radius 2 is 1.62 bits per heavy atom. The van der Waals surface area contributed by atoms with Crippen molar-refractivity contribution in [3.05, 3.63) is 83.4 Å². The second-order valence-corrected chi connectivity index (χ2v) is 6.79. The minimum atomic E-state index is 0. The highest BCUT2D eigenvalue weighted by atomic mass is 35.5. The molecule has 0 aliphatic carbocycles. The monoisotopic (exact) mass is 430 g/mol. The van der Waals surface area contributed by atoms with E-state index in [9.17, 15) is 9.59 Å². The second kappa shape index (κ2) is 12.8. The lowest BCUT2D eigenvalue weighted by Crippen LogP contribution is -2.02. The average molecular weight is 431 g/mol. The molecule has 4 nitrogen and oxygen atoms in total. The van der Waals surface area contributed by atoms with Crippen LogP contribution in [0.5, 0.6) is 0 Å². The first-order chi connectivity index (χ1) is 13.5. The first-order valence-corrected chi connectivity index (χ1v) is 9.46. The van der Waals surface area contributed by atoms with E-state index in [1.54, 1.807) is 31.7 Å². The minimum Gasteiger partial charge on any atom is -0.300 e. The maximum atomic E-state index is 11.6. The predicted octanol–water partition coefficient (Wildman–Crippen LogP) is 5.56. The van der Waals surface area contributed by atoms with Gasteiger partial charge in [0.15, 0.2) is 0 Å². The van der Waals surface area contributed by atoms with Gasteiger partial charge >= 0.3 is 0 Å². The number of carbonyl (C=O) groups excluding carboxylic acids is 2. The van der Waals surface area contributed by atoms with Gasteiger partial charge < -0.3 is 0 Å². The number of hydrogen-bond acceptors (Lipinski definition) is 4. The Bertz CT molecular complexity index is 914. The van der Waals surface area contributed by atoms with E-state index in [4.69, 9.17) is 11.6 Å². The molecule has 0 N–H and O–H groups in total. The number of carbonyl (C=O) groups is 2. The van der Waals surface area contributed by atoms with Crippen molar-refractivity contribution in [2.45, 2.75) is 33.1 Å². The Labute approximate surface area is 182 Å². The highest BCUT2D eigenvalue weighted by Gasteiger charge is 2.08. The standard InChI is InChI=1S/C15H14ClNO.C8H9NO.ClH/c1-2-14(18)9-12-10-17-8-7-15(12)11-3-5-13(16)6-4-11;1-7(10)5-8-3-2-4-9-6-8;/h3-8,10H,2,9H2,1H3;2-4,6H,5H2,1H3;1H. The van der Waals surface area contributed by atoms with Crippen LogP contribution >= 0.6 is 24.0 Å². The largest absolute Gasteiger partial charge is 0.300 e. The molecule has 0 saturated heterocycles. The summed E-state index contributed by atoms with van der Waals surface area (Å²) in [4.78, 5) is 30.1. The fourth-order valence-corrected chi connectivity index (χ4v) is 2.73. The first kappa shape index (κ1) is 24.5. The molecular formula is C23H24Cl2N2O2. The van der Waals surface area contributed by atoms with Gasteiger partial charge in [-0.15, -0.1) is 12.4 Å². The molecule has 1 aromatic carbocycles. The molecule has 0 bridgehead atoms. The van der Waals surface area contributed by atoms with E-state index in [0.717, 1.165) is 22.3 Å². The van der Waals surface area contributed by atoms with E-state index in [-0.39, 0.29) is 24.0 Å². The van der Waals surface area contributed by atoms with E-state index in [2.05, 4.69) is 9.97 Å². The molecule has 29 heavy (non-hydrogen) atoms. The quantitative estimate of drug-likeness (QED) is 0.513. The van der Waals surface area contributed by atoms with Crippen LogP contribution < -0.4 is 0 Å². The Morgan fingerprint density at radius 3 is 2.21 bits per heavy atom. The zero-order chi connectivity index (χ0) is 20.4. The highest BCUT2D eigenvalue weighted by molar-refractivity contribution is 6.30. The van der Waals surface area contributed by atoms with Crippen molar-refractivity contribution < 1.29 is 9.59 Å². The zero-order valence-corrected chi connectivity index (χ0v) is 18.0. The lowest BCUT2D eigenvalue weighted by atomic mass is 9.98. The molecule has 0 radical (unpaired) electrons. The molecule has 0 unspecified atom stereocenters. The van der Waals surface area contributed by atoms with Gasteiger partial charge in [-0.1, -0.05) is 36.7 Å². The summed E-state index contributed by atoms with van der Waals surface area (Å²) in [5.41, 5.74) is 4.05. The van der Waals surface area contributed by atoms with Crippen molar-refractivity contribution in [2.24, 2.45) is 0 Å². The molecule has 3 aromatic rings. The van der Waals surface area contributed by atoms with Gasteiger partial charge in [0.1, 0.15) is 11.6 Å². The molecule has 3 rings (SSSR count). The molecule has 0 spiro atoms. The summed E-state index contributed by atoms with van der Waals surface area (Å²) in [7, 11) is 0. The summed E-state index contributed by atoms with van der Waals surface area (Å²) in [6.07, 6.45) is 8.39. The van der Waals surface area contributed by atoms with E-state index in [0.29, 0.717) is 24.3 Å². The van der Waals surface area contributed by atoms with Crippen LogP contribution in [0.2, 0.25) is 5.02 Å². The van der Waals surface area contributed by atoms with Gasteiger partial charge in [-0.05, 0) is 53.4 Å². The summed E-state index contributed by atoms with van der Waals surface area (Å²) in [5, 5.41) is 0.707. The Hall–Kier alpha value is -2.56. The molecule has 0 aliphatic heterocycles. The van der Waals surface area contributed by atoms with Gasteiger partial charge in [0.05, 0.1) is 0 Å². The molecular weight excluding hydrogens is 407 g/mol. The van der Waals surface area contributed by atoms with Crippen LogP contribution in [-0.2, 0) is 22.4 Å². The number of halogens is 2. The normalized spacial score (nSPS) is 9.62. The Balaban J connectivity index is 0.000000327. The maximum Gasteiger partial charge on any atom is 0.137 e. The lowest BCUT2D eigenvalue weighted by Gasteiger charge is -2.08. The highest BCUT2D eigenvalue weighted by Crippen LogP contribution is 2.25. The number of rotatable bonds is 6. The fourth-order valence-electron chi connectivity index (χ4n) is 2.61. The molecule has 152 valence electrons. The summed E-state index contributed by atoms with van der Waals surface area (Å²) >= 11 is 5.88. The third-order valence-electron chi connectivity index (χ3n) is 4.02. The minimum absolute atomic E-state index is 0. The lowest BCUT2D eigenvalue weighted by molar-refractivity contribution is -0.118. The maximum absolute atomic E-state index is 11.6. The van der Waals surface area contributed by atoms with Crippen molar-refractivity contribution in [3.63, 3.8) is 0 Å². The molecule has 0 aliphatic rings. The molecule has 0 saturated carbocycles. The number of aromatic nitrogens is 2. The van der Waals surface area contributed by atoms with E-state index in [1.807, 2.05) is 49.4 Å².